The van der Waals surface area contributed by atoms with Crippen LogP contribution < -0.4 is 5.32 Å². The van der Waals surface area contributed by atoms with Crippen LogP contribution in [0.2, 0.25) is 0 Å². The second kappa shape index (κ2) is 9.69. The van der Waals surface area contributed by atoms with Crippen LogP contribution in [0.4, 0.5) is 5.69 Å². The number of β-amino-alcohol motifs (C(OH)–C–C–N with tert-alkyl or cyclic N) is 2. The first-order valence-electron chi connectivity index (χ1n) is 10.3. The van der Waals surface area contributed by atoms with Crippen LogP contribution in [0.1, 0.15) is 38.6 Å². The summed E-state index contributed by atoms with van der Waals surface area (Å²) in [7, 11) is 1.88. The summed E-state index contributed by atoms with van der Waals surface area (Å²) in [5.74, 6) is -0.824. The predicted octanol–water partition coefficient (Wildman–Crippen LogP) is 1.49. The smallest absolute Gasteiger partial charge is 0.274 e. The Hall–Kier alpha value is -3.28. The molecule has 3 aromatic rings. The maximum absolute atomic E-state index is 12.8. The van der Waals surface area contributed by atoms with E-state index in [4.69, 9.17) is 0 Å². The average molecular weight is 469 g/mol. The predicted molar refractivity (Wildman–Crippen MR) is 122 cm³/mol. The van der Waals surface area contributed by atoms with Gasteiger partial charge < -0.3 is 25.0 Å². The van der Waals surface area contributed by atoms with Crippen LogP contribution in [0.5, 0.6) is 0 Å². The maximum Gasteiger partial charge on any atom is 0.274 e. The molecule has 10 nitrogen and oxygen atoms in total. The van der Waals surface area contributed by atoms with Crippen molar-refractivity contribution in [1.29, 1.82) is 0 Å². The quantitative estimate of drug-likeness (QED) is 0.464. The number of likely N-dealkylation sites (tertiary alicyclic amines) is 1. The van der Waals surface area contributed by atoms with Crippen molar-refractivity contribution in [2.24, 2.45) is 7.05 Å². The summed E-state index contributed by atoms with van der Waals surface area (Å²) in [6, 6.07) is 10.4. The minimum Gasteiger partial charge on any atom is -0.388 e. The fourth-order valence-corrected chi connectivity index (χ4v) is 4.38. The van der Waals surface area contributed by atoms with E-state index in [1.54, 1.807) is 24.2 Å². The zero-order chi connectivity index (χ0) is 23.5. The molecular weight excluding hydrogens is 444 g/mol. The third-order valence-corrected chi connectivity index (χ3v) is 6.56. The Morgan fingerprint density at radius 1 is 1.18 bits per heavy atom. The third-order valence-electron chi connectivity index (χ3n) is 5.35. The number of thioether (sulfide) groups is 1. The SMILES string of the molecule is C[C@H](Sc1nncn1C)c1cccc(NC(=O)c2cc(C(=O)N3C[C@H](O)[C@@H](O)C3)ccn2)c1. The van der Waals surface area contributed by atoms with Gasteiger partial charge in [0.05, 0.1) is 12.2 Å². The molecule has 0 spiro atoms. The lowest BCUT2D eigenvalue weighted by atomic mass is 10.1. The maximum atomic E-state index is 12.8. The Morgan fingerprint density at radius 2 is 1.94 bits per heavy atom. The van der Waals surface area contributed by atoms with Crippen molar-refractivity contribution in [3.05, 3.63) is 65.7 Å². The van der Waals surface area contributed by atoms with Gasteiger partial charge in [0.15, 0.2) is 5.16 Å². The molecule has 1 aliphatic heterocycles. The first-order chi connectivity index (χ1) is 15.8. The summed E-state index contributed by atoms with van der Waals surface area (Å²) in [5.41, 5.74) is 1.96. The summed E-state index contributed by atoms with van der Waals surface area (Å²) in [4.78, 5) is 30.9. The molecule has 0 unspecified atom stereocenters. The lowest BCUT2D eigenvalue weighted by Crippen LogP contribution is -2.30. The summed E-state index contributed by atoms with van der Waals surface area (Å²) in [6.45, 7) is 2.13. The lowest BCUT2D eigenvalue weighted by molar-refractivity contribution is 0.0572. The minimum atomic E-state index is -0.972. The molecule has 172 valence electrons. The molecule has 2 amide bonds. The number of aromatic nitrogens is 4. The van der Waals surface area contributed by atoms with Crippen LogP contribution in [0.15, 0.2) is 54.1 Å². The first-order valence-corrected chi connectivity index (χ1v) is 11.2. The highest BCUT2D eigenvalue weighted by Gasteiger charge is 2.33. The van der Waals surface area contributed by atoms with Crippen molar-refractivity contribution >= 4 is 29.3 Å². The van der Waals surface area contributed by atoms with E-state index in [1.807, 2.05) is 36.7 Å². The highest BCUT2D eigenvalue weighted by atomic mass is 32.2. The normalized spacial score (nSPS) is 18.8. The van der Waals surface area contributed by atoms with E-state index in [2.05, 4.69) is 20.5 Å². The molecule has 33 heavy (non-hydrogen) atoms. The molecule has 11 heteroatoms. The number of pyridine rings is 1. The van der Waals surface area contributed by atoms with Gasteiger partial charge in [0, 0.05) is 42.8 Å². The number of carbonyl (C=O) groups is 2. The zero-order valence-corrected chi connectivity index (χ0v) is 18.9. The molecule has 3 heterocycles. The van der Waals surface area contributed by atoms with E-state index in [9.17, 15) is 19.8 Å². The highest BCUT2D eigenvalue weighted by molar-refractivity contribution is 7.99. The van der Waals surface area contributed by atoms with Gasteiger partial charge in [-0.15, -0.1) is 10.2 Å². The molecule has 3 atom stereocenters. The lowest BCUT2D eigenvalue weighted by Gasteiger charge is -2.15. The number of benzene rings is 1. The van der Waals surface area contributed by atoms with E-state index in [0.29, 0.717) is 5.69 Å². The molecule has 1 saturated heterocycles. The number of hydrogen-bond donors (Lipinski definition) is 3. The monoisotopic (exact) mass is 468 g/mol. The fraction of sp³-hybridized carbons (Fsp3) is 0.318. The van der Waals surface area contributed by atoms with Gasteiger partial charge in [-0.3, -0.25) is 14.6 Å². The van der Waals surface area contributed by atoms with Crippen LogP contribution in [0, 0.1) is 0 Å². The number of carbonyl (C=O) groups excluding carboxylic acids is 2. The fourth-order valence-electron chi connectivity index (χ4n) is 3.48. The van der Waals surface area contributed by atoms with Gasteiger partial charge >= 0.3 is 0 Å². The Bertz CT molecular complexity index is 1160. The van der Waals surface area contributed by atoms with Gasteiger partial charge in [0.25, 0.3) is 11.8 Å². The van der Waals surface area contributed by atoms with Crippen LogP contribution in [0.3, 0.4) is 0 Å². The largest absolute Gasteiger partial charge is 0.388 e. The second-order valence-electron chi connectivity index (χ2n) is 7.84. The number of aryl methyl sites for hydroxylation is 1. The third kappa shape index (κ3) is 5.21. The van der Waals surface area contributed by atoms with Crippen molar-refractivity contribution < 1.29 is 19.8 Å². The van der Waals surface area contributed by atoms with Gasteiger partial charge in [-0.2, -0.15) is 0 Å². The van der Waals surface area contributed by atoms with Crippen molar-refractivity contribution in [2.45, 2.75) is 29.5 Å². The number of aliphatic hydroxyl groups excluding tert-OH is 2. The molecule has 1 aliphatic rings. The van der Waals surface area contributed by atoms with Gasteiger partial charge in [-0.05, 0) is 36.8 Å². The standard InChI is InChI=1S/C22H24N6O4S/c1-13(33-22-26-24-12-27(22)2)14-4-3-5-16(8-14)25-20(31)17-9-15(6-7-23-17)21(32)28-10-18(29)19(30)11-28/h3-9,12-13,18-19,29-30H,10-11H2,1-2H3,(H,25,31)/t13-,18-,19-/m0/s1. The van der Waals surface area contributed by atoms with E-state index in [1.165, 1.54) is 23.2 Å². The second-order valence-corrected chi connectivity index (χ2v) is 9.15. The molecule has 0 bridgehead atoms. The number of rotatable bonds is 6. The molecule has 1 aromatic carbocycles. The summed E-state index contributed by atoms with van der Waals surface area (Å²) in [6.07, 6.45) is 1.09. The van der Waals surface area contributed by atoms with Crippen molar-refractivity contribution in [3.63, 3.8) is 0 Å². The number of hydrogen-bond acceptors (Lipinski definition) is 8. The van der Waals surface area contributed by atoms with Gasteiger partial charge in [-0.25, -0.2) is 0 Å². The summed E-state index contributed by atoms with van der Waals surface area (Å²) >= 11 is 1.56. The van der Waals surface area contributed by atoms with Crippen LogP contribution >= 0.6 is 11.8 Å². The van der Waals surface area contributed by atoms with Crippen LogP contribution in [-0.2, 0) is 7.05 Å². The number of nitrogens with zero attached hydrogens (tertiary/aromatic N) is 5. The van der Waals surface area contributed by atoms with E-state index < -0.39 is 18.1 Å². The summed E-state index contributed by atoms with van der Waals surface area (Å²) in [5, 5.41) is 31.0. The molecule has 0 saturated carbocycles. The topological polar surface area (TPSA) is 133 Å². The Kier molecular flexibility index (Phi) is 6.72. The molecule has 4 rings (SSSR count). The van der Waals surface area contributed by atoms with E-state index in [-0.39, 0.29) is 35.5 Å². The van der Waals surface area contributed by atoms with Crippen LogP contribution in [0.25, 0.3) is 0 Å². The molecule has 0 aliphatic carbocycles. The molecular formula is C22H24N6O4S. The number of nitrogens with one attached hydrogen (secondary N) is 1. The number of anilines is 1. The minimum absolute atomic E-state index is 0.0428. The average Bonchev–Trinajstić information content (AvgIpc) is 3.37. The molecule has 3 N–H and O–H groups in total. The Balaban J connectivity index is 1.44. The Labute approximate surface area is 194 Å². The highest BCUT2D eigenvalue weighted by Crippen LogP contribution is 2.34. The van der Waals surface area contributed by atoms with E-state index in [0.717, 1.165) is 10.7 Å². The van der Waals surface area contributed by atoms with Crippen molar-refractivity contribution in [3.8, 4) is 0 Å². The molecule has 2 aromatic heterocycles. The van der Waals surface area contributed by atoms with Crippen molar-refractivity contribution in [1.82, 2.24) is 24.6 Å². The van der Waals surface area contributed by atoms with Gasteiger partial charge in [-0.1, -0.05) is 23.9 Å². The van der Waals surface area contributed by atoms with Crippen molar-refractivity contribution in [2.75, 3.05) is 18.4 Å². The zero-order valence-electron chi connectivity index (χ0n) is 18.1. The number of aliphatic hydroxyl groups is 2. The van der Waals surface area contributed by atoms with E-state index >= 15 is 0 Å². The number of amides is 2. The molecule has 0 radical (unpaired) electrons. The summed E-state index contributed by atoms with van der Waals surface area (Å²) < 4.78 is 1.84. The van der Waals surface area contributed by atoms with Crippen LogP contribution in [-0.4, -0.2) is 72.0 Å². The van der Waals surface area contributed by atoms with Gasteiger partial charge in [0.1, 0.15) is 12.0 Å². The first kappa shape index (κ1) is 22.9. The molecule has 1 fully saturated rings. The van der Waals surface area contributed by atoms with Gasteiger partial charge in [0.2, 0.25) is 0 Å². The Morgan fingerprint density at radius 3 is 2.64 bits per heavy atom.